The number of anilines is 1. The highest BCUT2D eigenvalue weighted by Gasteiger charge is 1.99. The van der Waals surface area contributed by atoms with Crippen LogP contribution < -0.4 is 5.73 Å². The summed E-state index contributed by atoms with van der Waals surface area (Å²) in [5, 5.41) is 0. The summed E-state index contributed by atoms with van der Waals surface area (Å²) in [7, 11) is 1.89. The van der Waals surface area contributed by atoms with Crippen LogP contribution in [0.15, 0.2) is 18.5 Å². The fourth-order valence-corrected chi connectivity index (χ4v) is 1.02. The normalized spacial score (nSPS) is 10.6. The summed E-state index contributed by atoms with van der Waals surface area (Å²) in [4.78, 5) is 8.22. The first-order valence-corrected chi connectivity index (χ1v) is 3.31. The molecule has 2 rings (SSSR count). The number of imidazole rings is 1. The van der Waals surface area contributed by atoms with Gasteiger partial charge in [-0.25, -0.2) is 9.97 Å². The van der Waals surface area contributed by atoms with Crippen molar-refractivity contribution < 1.29 is 0 Å². The molecule has 0 fully saturated rings. The third kappa shape index (κ3) is 0.832. The predicted molar refractivity (Wildman–Crippen MR) is 42.9 cm³/mol. The summed E-state index contributed by atoms with van der Waals surface area (Å²) in [6.07, 6.45) is 1.72. The molecule has 4 heteroatoms. The van der Waals surface area contributed by atoms with Crippen molar-refractivity contribution in [3.63, 3.8) is 0 Å². The first-order valence-electron chi connectivity index (χ1n) is 3.31. The molecule has 0 aliphatic carbocycles. The Labute approximate surface area is 63.7 Å². The van der Waals surface area contributed by atoms with E-state index in [0.29, 0.717) is 5.82 Å². The van der Waals surface area contributed by atoms with E-state index >= 15 is 0 Å². The first-order chi connectivity index (χ1) is 5.27. The molecule has 0 atom stereocenters. The smallest absolute Gasteiger partial charge is 0.161 e. The Morgan fingerprint density at radius 3 is 3.09 bits per heavy atom. The van der Waals surface area contributed by atoms with Gasteiger partial charge < -0.3 is 10.3 Å². The van der Waals surface area contributed by atoms with Crippen molar-refractivity contribution in [2.24, 2.45) is 7.05 Å². The molecule has 2 heterocycles. The second kappa shape index (κ2) is 1.95. The zero-order chi connectivity index (χ0) is 7.84. The molecule has 0 saturated carbocycles. The highest BCUT2D eigenvalue weighted by Crippen LogP contribution is 2.09. The molecule has 0 spiro atoms. The van der Waals surface area contributed by atoms with Gasteiger partial charge in [0.25, 0.3) is 0 Å². The van der Waals surface area contributed by atoms with Crippen LogP contribution in [0.25, 0.3) is 11.2 Å². The van der Waals surface area contributed by atoms with E-state index in [9.17, 15) is 0 Å². The van der Waals surface area contributed by atoms with Gasteiger partial charge in [0.1, 0.15) is 11.3 Å². The minimum atomic E-state index is 0.529. The molecule has 0 unspecified atom stereocenters. The minimum Gasteiger partial charge on any atom is -0.384 e. The SMILES string of the molecule is Cn1cnc2ccc(N)nc21. The van der Waals surface area contributed by atoms with Crippen LogP contribution in [-0.4, -0.2) is 14.5 Å². The van der Waals surface area contributed by atoms with Crippen molar-refractivity contribution in [2.75, 3.05) is 5.73 Å². The molecule has 0 radical (unpaired) electrons. The molecule has 2 aromatic heterocycles. The maximum absolute atomic E-state index is 5.50. The van der Waals surface area contributed by atoms with Gasteiger partial charge >= 0.3 is 0 Å². The topological polar surface area (TPSA) is 56.7 Å². The van der Waals surface area contributed by atoms with E-state index < -0.39 is 0 Å². The van der Waals surface area contributed by atoms with Crippen molar-refractivity contribution in [1.29, 1.82) is 0 Å². The lowest BCUT2D eigenvalue weighted by atomic mass is 10.4. The zero-order valence-corrected chi connectivity index (χ0v) is 6.15. The van der Waals surface area contributed by atoms with Crippen molar-refractivity contribution >= 4 is 17.0 Å². The molecule has 0 bridgehead atoms. The molecule has 4 nitrogen and oxygen atoms in total. The average Bonchev–Trinajstić information content (AvgIpc) is 2.33. The van der Waals surface area contributed by atoms with E-state index in [0.717, 1.165) is 11.2 Å². The number of aromatic nitrogens is 3. The first kappa shape index (κ1) is 6.15. The van der Waals surface area contributed by atoms with Gasteiger partial charge in [0.2, 0.25) is 0 Å². The Hall–Kier alpha value is -1.58. The van der Waals surface area contributed by atoms with Gasteiger partial charge in [-0.05, 0) is 12.1 Å². The molecule has 0 amide bonds. The number of fused-ring (bicyclic) bond motifs is 1. The molecular weight excluding hydrogens is 140 g/mol. The van der Waals surface area contributed by atoms with Crippen LogP contribution >= 0.6 is 0 Å². The summed E-state index contributed by atoms with van der Waals surface area (Å²) in [5.41, 5.74) is 7.20. The van der Waals surface area contributed by atoms with Crippen LogP contribution in [-0.2, 0) is 7.05 Å². The maximum atomic E-state index is 5.50. The van der Waals surface area contributed by atoms with E-state index in [2.05, 4.69) is 9.97 Å². The number of rotatable bonds is 0. The molecule has 2 N–H and O–H groups in total. The Kier molecular flexibility index (Phi) is 1.09. The molecule has 56 valence electrons. The Morgan fingerprint density at radius 2 is 2.27 bits per heavy atom. The van der Waals surface area contributed by atoms with Gasteiger partial charge in [-0.3, -0.25) is 0 Å². The summed E-state index contributed by atoms with van der Waals surface area (Å²) >= 11 is 0. The van der Waals surface area contributed by atoms with Crippen LogP contribution in [0.3, 0.4) is 0 Å². The maximum Gasteiger partial charge on any atom is 0.161 e. The Bertz CT molecular complexity index is 390. The highest BCUT2D eigenvalue weighted by molar-refractivity contribution is 5.72. The van der Waals surface area contributed by atoms with Crippen molar-refractivity contribution in [1.82, 2.24) is 14.5 Å². The number of nitrogen functional groups attached to an aromatic ring is 1. The van der Waals surface area contributed by atoms with Crippen LogP contribution in [0.4, 0.5) is 5.82 Å². The van der Waals surface area contributed by atoms with E-state index in [1.54, 1.807) is 12.4 Å². The molecule has 0 aliphatic heterocycles. The lowest BCUT2D eigenvalue weighted by Crippen LogP contribution is -1.92. The van der Waals surface area contributed by atoms with E-state index in [4.69, 9.17) is 5.73 Å². The summed E-state index contributed by atoms with van der Waals surface area (Å²) < 4.78 is 1.84. The summed E-state index contributed by atoms with van der Waals surface area (Å²) in [5.74, 6) is 0.529. The second-order valence-electron chi connectivity index (χ2n) is 2.43. The number of aryl methyl sites for hydroxylation is 1. The summed E-state index contributed by atoms with van der Waals surface area (Å²) in [6.45, 7) is 0. The summed E-state index contributed by atoms with van der Waals surface area (Å²) in [6, 6.07) is 3.60. The van der Waals surface area contributed by atoms with Crippen LogP contribution in [0.5, 0.6) is 0 Å². The monoisotopic (exact) mass is 148 g/mol. The molecular formula is C7H8N4. The van der Waals surface area contributed by atoms with Gasteiger partial charge in [-0.15, -0.1) is 0 Å². The standard InChI is InChI=1S/C7H8N4/c1-11-4-9-5-2-3-6(8)10-7(5)11/h2-4H,1H3,(H2,8,10). The fraction of sp³-hybridized carbons (Fsp3) is 0.143. The van der Waals surface area contributed by atoms with E-state index in [1.165, 1.54) is 0 Å². The van der Waals surface area contributed by atoms with Crippen molar-refractivity contribution in [3.8, 4) is 0 Å². The third-order valence-corrected chi connectivity index (χ3v) is 1.58. The van der Waals surface area contributed by atoms with Gasteiger partial charge in [0.15, 0.2) is 5.65 Å². The lowest BCUT2D eigenvalue weighted by molar-refractivity contribution is 0.932. The van der Waals surface area contributed by atoms with E-state index in [-0.39, 0.29) is 0 Å². The van der Waals surface area contributed by atoms with Gasteiger partial charge in [-0.1, -0.05) is 0 Å². The third-order valence-electron chi connectivity index (χ3n) is 1.58. The predicted octanol–water partition coefficient (Wildman–Crippen LogP) is 0.550. The van der Waals surface area contributed by atoms with Crippen molar-refractivity contribution in [3.05, 3.63) is 18.5 Å². The largest absolute Gasteiger partial charge is 0.384 e. The van der Waals surface area contributed by atoms with Crippen LogP contribution in [0, 0.1) is 0 Å². The fourth-order valence-electron chi connectivity index (χ4n) is 1.02. The molecule has 11 heavy (non-hydrogen) atoms. The van der Waals surface area contributed by atoms with Crippen LogP contribution in [0.2, 0.25) is 0 Å². The van der Waals surface area contributed by atoms with Gasteiger partial charge in [-0.2, -0.15) is 0 Å². The minimum absolute atomic E-state index is 0.529. The number of nitrogens with two attached hydrogens (primary N) is 1. The van der Waals surface area contributed by atoms with Crippen molar-refractivity contribution in [2.45, 2.75) is 0 Å². The number of pyridine rings is 1. The zero-order valence-electron chi connectivity index (χ0n) is 6.15. The highest BCUT2D eigenvalue weighted by atomic mass is 15.1. The average molecular weight is 148 g/mol. The molecule has 0 aromatic carbocycles. The second-order valence-corrected chi connectivity index (χ2v) is 2.43. The number of nitrogens with zero attached hydrogens (tertiary/aromatic N) is 3. The number of hydrogen-bond acceptors (Lipinski definition) is 3. The van der Waals surface area contributed by atoms with Gasteiger partial charge in [0.05, 0.1) is 6.33 Å². The Morgan fingerprint density at radius 1 is 1.45 bits per heavy atom. The van der Waals surface area contributed by atoms with Crippen LogP contribution in [0.1, 0.15) is 0 Å². The Balaban J connectivity index is 2.87. The van der Waals surface area contributed by atoms with Gasteiger partial charge in [0, 0.05) is 7.05 Å². The molecule has 0 aliphatic rings. The van der Waals surface area contributed by atoms with E-state index in [1.807, 2.05) is 17.7 Å². The lowest BCUT2D eigenvalue weighted by Gasteiger charge is -1.93. The molecule has 2 aromatic rings. The number of hydrogen-bond donors (Lipinski definition) is 1. The quantitative estimate of drug-likeness (QED) is 0.593. The molecule has 0 saturated heterocycles.